The Balaban J connectivity index is 3.61. The quantitative estimate of drug-likeness (QED) is 0.320. The zero-order valence-electron chi connectivity index (χ0n) is 24.3. The van der Waals surface area contributed by atoms with Crippen LogP contribution < -0.4 is 16.4 Å². The number of hydrogen-bond acceptors (Lipinski definition) is 7. The fourth-order valence-corrected chi connectivity index (χ4v) is 3.86. The normalized spacial score (nSPS) is 13.6. The first kappa shape index (κ1) is 33.4. The van der Waals surface area contributed by atoms with Gasteiger partial charge in [-0.3, -0.25) is 19.2 Å². The maximum Gasteiger partial charge on any atom is 0.408 e. The Hall–Kier alpha value is -3.63. The number of hydrogen-bond donors (Lipinski definition) is 3. The zero-order valence-corrected chi connectivity index (χ0v) is 24.3. The topological polar surface area (TPSA) is 157 Å². The average Bonchev–Trinajstić information content (AvgIpc) is 2.82. The SMILES string of the molecule is COC(=O)CNC(=O)C(c1ccc(C)cc1)N(C(=O)C(CC(N)=O)NC(=O)OC(C)(C)C)C(C)CCC(C)C. The second-order valence-electron chi connectivity index (χ2n) is 11.0. The summed E-state index contributed by atoms with van der Waals surface area (Å²) in [4.78, 5) is 65.4. The molecular formula is C28H44N4O7. The number of benzene rings is 1. The van der Waals surface area contributed by atoms with E-state index in [0.717, 1.165) is 12.0 Å². The van der Waals surface area contributed by atoms with Crippen molar-refractivity contribution in [1.82, 2.24) is 15.5 Å². The van der Waals surface area contributed by atoms with Crippen LogP contribution in [-0.4, -0.2) is 66.0 Å². The van der Waals surface area contributed by atoms with Gasteiger partial charge in [-0.25, -0.2) is 4.79 Å². The van der Waals surface area contributed by atoms with Crippen molar-refractivity contribution in [2.75, 3.05) is 13.7 Å². The number of nitrogens with two attached hydrogens (primary N) is 1. The van der Waals surface area contributed by atoms with E-state index in [9.17, 15) is 24.0 Å². The van der Waals surface area contributed by atoms with Gasteiger partial charge in [0.25, 0.3) is 0 Å². The second kappa shape index (κ2) is 15.1. The number of nitrogens with one attached hydrogen (secondary N) is 2. The number of carbonyl (C=O) groups is 5. The van der Waals surface area contributed by atoms with Gasteiger partial charge in [0, 0.05) is 6.04 Å². The first-order valence-electron chi connectivity index (χ1n) is 13.1. The number of aryl methyl sites for hydroxylation is 1. The molecule has 0 aromatic heterocycles. The molecule has 0 aliphatic rings. The summed E-state index contributed by atoms with van der Waals surface area (Å²) in [5, 5.41) is 5.00. The highest BCUT2D eigenvalue weighted by Crippen LogP contribution is 2.28. The van der Waals surface area contributed by atoms with Crippen LogP contribution >= 0.6 is 0 Å². The molecule has 1 aromatic carbocycles. The lowest BCUT2D eigenvalue weighted by Gasteiger charge is -2.38. The van der Waals surface area contributed by atoms with Crippen molar-refractivity contribution in [3.05, 3.63) is 35.4 Å². The van der Waals surface area contributed by atoms with Crippen LogP contribution in [0.25, 0.3) is 0 Å². The monoisotopic (exact) mass is 548 g/mol. The third-order valence-electron chi connectivity index (χ3n) is 5.84. The van der Waals surface area contributed by atoms with Crippen molar-refractivity contribution in [2.45, 2.75) is 91.5 Å². The van der Waals surface area contributed by atoms with E-state index in [4.69, 9.17) is 10.5 Å². The van der Waals surface area contributed by atoms with Crippen LogP contribution in [0, 0.1) is 12.8 Å². The molecule has 0 saturated carbocycles. The fourth-order valence-electron chi connectivity index (χ4n) is 3.86. The minimum atomic E-state index is -1.39. The molecule has 3 unspecified atom stereocenters. The highest BCUT2D eigenvalue weighted by molar-refractivity contribution is 5.95. The number of esters is 1. The number of carbonyl (C=O) groups excluding carboxylic acids is 5. The van der Waals surface area contributed by atoms with Crippen LogP contribution in [0.4, 0.5) is 4.79 Å². The Morgan fingerprint density at radius 1 is 1.00 bits per heavy atom. The number of methoxy groups -OCH3 is 1. The van der Waals surface area contributed by atoms with Crippen molar-refractivity contribution >= 4 is 29.8 Å². The summed E-state index contributed by atoms with van der Waals surface area (Å²) in [6.45, 7) is 12.4. The molecule has 0 fully saturated rings. The van der Waals surface area contributed by atoms with Gasteiger partial charge in [-0.2, -0.15) is 0 Å². The summed E-state index contributed by atoms with van der Waals surface area (Å²) >= 11 is 0. The van der Waals surface area contributed by atoms with Gasteiger partial charge in [-0.1, -0.05) is 43.7 Å². The Bertz CT molecular complexity index is 1000. The highest BCUT2D eigenvalue weighted by Gasteiger charge is 2.39. The first-order valence-corrected chi connectivity index (χ1v) is 13.1. The number of amides is 4. The van der Waals surface area contributed by atoms with E-state index >= 15 is 0 Å². The van der Waals surface area contributed by atoms with Crippen molar-refractivity contribution in [2.24, 2.45) is 11.7 Å². The van der Waals surface area contributed by atoms with E-state index in [1.807, 2.05) is 20.8 Å². The van der Waals surface area contributed by atoms with Crippen LogP contribution in [0.2, 0.25) is 0 Å². The number of nitrogens with zero attached hydrogens (tertiary/aromatic N) is 1. The van der Waals surface area contributed by atoms with Crippen LogP contribution in [-0.2, 0) is 28.7 Å². The molecule has 0 radical (unpaired) electrons. The Morgan fingerprint density at radius 3 is 2.08 bits per heavy atom. The van der Waals surface area contributed by atoms with Crippen molar-refractivity contribution in [3.8, 4) is 0 Å². The summed E-state index contributed by atoms with van der Waals surface area (Å²) in [5.74, 6) is -2.47. The van der Waals surface area contributed by atoms with Crippen molar-refractivity contribution in [1.29, 1.82) is 0 Å². The predicted octanol–water partition coefficient (Wildman–Crippen LogP) is 2.75. The van der Waals surface area contributed by atoms with Gasteiger partial charge in [-0.15, -0.1) is 0 Å². The molecule has 11 nitrogen and oxygen atoms in total. The van der Waals surface area contributed by atoms with Crippen LogP contribution in [0.3, 0.4) is 0 Å². The number of alkyl carbamates (subject to hydrolysis) is 1. The largest absolute Gasteiger partial charge is 0.468 e. The van der Waals surface area contributed by atoms with E-state index in [2.05, 4.69) is 15.4 Å². The molecule has 1 rings (SSSR count). The Kier molecular flexibility index (Phi) is 12.9. The third-order valence-corrected chi connectivity index (χ3v) is 5.84. The summed E-state index contributed by atoms with van der Waals surface area (Å²) in [6.07, 6.45) is -0.129. The van der Waals surface area contributed by atoms with Gasteiger partial charge in [0.2, 0.25) is 17.7 Å². The fraction of sp³-hybridized carbons (Fsp3) is 0.607. The molecule has 39 heavy (non-hydrogen) atoms. The van der Waals surface area contributed by atoms with E-state index in [0.29, 0.717) is 17.9 Å². The lowest BCUT2D eigenvalue weighted by Crippen LogP contribution is -2.56. The smallest absolute Gasteiger partial charge is 0.408 e. The molecule has 4 amide bonds. The first-order chi connectivity index (χ1) is 18.0. The Labute approximate surface area is 231 Å². The van der Waals surface area contributed by atoms with Crippen molar-refractivity contribution in [3.63, 3.8) is 0 Å². The van der Waals surface area contributed by atoms with Gasteiger partial charge in [-0.05, 0) is 58.9 Å². The summed E-state index contributed by atoms with van der Waals surface area (Å²) in [7, 11) is 1.20. The molecule has 0 bridgehead atoms. The van der Waals surface area contributed by atoms with E-state index in [-0.39, 0.29) is 0 Å². The third kappa shape index (κ3) is 11.7. The van der Waals surface area contributed by atoms with Crippen LogP contribution in [0.15, 0.2) is 24.3 Å². The molecule has 218 valence electrons. The van der Waals surface area contributed by atoms with E-state index in [1.165, 1.54) is 12.0 Å². The lowest BCUT2D eigenvalue weighted by atomic mass is 9.96. The molecule has 11 heteroatoms. The molecule has 1 aromatic rings. The molecule has 0 spiro atoms. The van der Waals surface area contributed by atoms with Gasteiger partial charge < -0.3 is 30.7 Å². The van der Waals surface area contributed by atoms with Gasteiger partial charge in [0.05, 0.1) is 13.5 Å². The van der Waals surface area contributed by atoms with E-state index in [1.54, 1.807) is 52.0 Å². The van der Waals surface area contributed by atoms with Crippen molar-refractivity contribution < 1.29 is 33.4 Å². The molecule has 0 aliphatic carbocycles. The van der Waals surface area contributed by atoms with Crippen LogP contribution in [0.5, 0.6) is 0 Å². The number of primary amides is 1. The summed E-state index contributed by atoms with van der Waals surface area (Å²) in [5.41, 5.74) is 6.01. The molecule has 3 atom stereocenters. The van der Waals surface area contributed by atoms with E-state index < -0.39 is 66.5 Å². The predicted molar refractivity (Wildman–Crippen MR) is 146 cm³/mol. The molecule has 0 saturated heterocycles. The highest BCUT2D eigenvalue weighted by atomic mass is 16.6. The average molecular weight is 549 g/mol. The Morgan fingerprint density at radius 2 is 1.59 bits per heavy atom. The molecule has 0 aliphatic heterocycles. The maximum absolute atomic E-state index is 14.1. The summed E-state index contributed by atoms with van der Waals surface area (Å²) in [6, 6.07) is 3.98. The molecular weight excluding hydrogens is 504 g/mol. The number of rotatable bonds is 13. The minimum Gasteiger partial charge on any atom is -0.468 e. The number of ether oxygens (including phenoxy) is 2. The maximum atomic E-state index is 14.1. The van der Waals surface area contributed by atoms with Gasteiger partial charge >= 0.3 is 12.1 Å². The molecule has 4 N–H and O–H groups in total. The second-order valence-corrected chi connectivity index (χ2v) is 11.0. The zero-order chi connectivity index (χ0) is 29.9. The standard InChI is InChI=1S/C28H44N4O7/c1-17(2)9-12-19(4)32(26(36)21(15-22(29)33)31-27(37)39-28(5,6)7)24(20-13-10-18(3)11-14-20)25(35)30-16-23(34)38-8/h10-11,13-14,17,19,21,24H,9,12,15-16H2,1-8H3,(H2,29,33)(H,30,35)(H,31,37). The molecule has 0 heterocycles. The lowest BCUT2D eigenvalue weighted by molar-refractivity contribution is -0.147. The summed E-state index contributed by atoms with van der Waals surface area (Å²) < 4.78 is 9.94. The van der Waals surface area contributed by atoms with Gasteiger partial charge in [0.15, 0.2) is 0 Å². The minimum absolute atomic E-state index is 0.316. The van der Waals surface area contributed by atoms with Crippen LogP contribution in [0.1, 0.15) is 78.0 Å². The van der Waals surface area contributed by atoms with Gasteiger partial charge in [0.1, 0.15) is 24.2 Å².